The molecule has 1 aliphatic heterocycles. The molecular formula is C12H15N3. The molecule has 1 fully saturated rings. The Morgan fingerprint density at radius 2 is 2.20 bits per heavy atom. The second-order valence-corrected chi connectivity index (χ2v) is 3.81. The molecule has 0 bridgehead atoms. The van der Waals surface area contributed by atoms with Crippen LogP contribution in [0.4, 0.5) is 5.69 Å². The highest BCUT2D eigenvalue weighted by atomic mass is 15.2. The van der Waals surface area contributed by atoms with Crippen molar-refractivity contribution in [1.82, 2.24) is 5.32 Å². The maximum atomic E-state index is 8.48. The van der Waals surface area contributed by atoms with Crippen molar-refractivity contribution in [2.75, 3.05) is 24.5 Å². The third-order valence-electron chi connectivity index (χ3n) is 2.78. The van der Waals surface area contributed by atoms with Crippen molar-refractivity contribution in [3.8, 4) is 6.07 Å². The van der Waals surface area contributed by atoms with Crippen LogP contribution in [0.2, 0.25) is 0 Å². The Morgan fingerprint density at radius 3 is 2.93 bits per heavy atom. The Balaban J connectivity index is 1.91. The average molecular weight is 201 g/mol. The van der Waals surface area contributed by atoms with E-state index >= 15 is 0 Å². The fourth-order valence-corrected chi connectivity index (χ4v) is 1.99. The first kappa shape index (κ1) is 10.0. The van der Waals surface area contributed by atoms with E-state index in [9.17, 15) is 0 Å². The summed E-state index contributed by atoms with van der Waals surface area (Å²) in [5, 5.41) is 11.7. The Hall–Kier alpha value is -1.53. The topological polar surface area (TPSA) is 39.1 Å². The monoisotopic (exact) mass is 201 g/mol. The number of nitrogens with zero attached hydrogens (tertiary/aromatic N) is 2. The molecule has 2 rings (SSSR count). The van der Waals surface area contributed by atoms with Gasteiger partial charge in [-0.05, 0) is 18.6 Å². The molecule has 1 aromatic carbocycles. The van der Waals surface area contributed by atoms with E-state index in [1.165, 1.54) is 5.69 Å². The number of hydrogen-bond acceptors (Lipinski definition) is 3. The number of para-hydroxylation sites is 1. The minimum atomic E-state index is 0.452. The largest absolute Gasteiger partial charge is 0.370 e. The zero-order chi connectivity index (χ0) is 10.5. The molecule has 15 heavy (non-hydrogen) atoms. The molecule has 0 spiro atoms. The zero-order valence-corrected chi connectivity index (χ0v) is 8.69. The van der Waals surface area contributed by atoms with Gasteiger partial charge in [-0.25, -0.2) is 0 Å². The standard InChI is InChI=1S/C12H15N3/c13-7-8-14-11-6-9-15(10-11)12-4-2-1-3-5-12/h1-5,11,14H,6,8-10H2. The van der Waals surface area contributed by atoms with Gasteiger partial charge in [-0.2, -0.15) is 5.26 Å². The van der Waals surface area contributed by atoms with Crippen LogP contribution in [0.3, 0.4) is 0 Å². The van der Waals surface area contributed by atoms with Crippen LogP contribution >= 0.6 is 0 Å². The Morgan fingerprint density at radius 1 is 1.40 bits per heavy atom. The summed E-state index contributed by atoms with van der Waals surface area (Å²) in [6.45, 7) is 2.53. The molecule has 1 heterocycles. The molecule has 0 aromatic heterocycles. The summed E-state index contributed by atoms with van der Waals surface area (Å²) >= 11 is 0. The number of benzene rings is 1. The molecule has 0 saturated carbocycles. The van der Waals surface area contributed by atoms with Crippen molar-refractivity contribution in [2.45, 2.75) is 12.5 Å². The highest BCUT2D eigenvalue weighted by Gasteiger charge is 2.21. The summed E-state index contributed by atoms with van der Waals surface area (Å²) in [6, 6.07) is 13.0. The molecular weight excluding hydrogens is 186 g/mol. The van der Waals surface area contributed by atoms with E-state index < -0.39 is 0 Å². The predicted molar refractivity (Wildman–Crippen MR) is 60.7 cm³/mol. The lowest BCUT2D eigenvalue weighted by molar-refractivity contribution is 0.591. The van der Waals surface area contributed by atoms with Crippen LogP contribution in [0.1, 0.15) is 6.42 Å². The highest BCUT2D eigenvalue weighted by Crippen LogP contribution is 2.19. The Kier molecular flexibility index (Phi) is 3.21. The summed E-state index contributed by atoms with van der Waals surface area (Å²) in [4.78, 5) is 2.36. The fraction of sp³-hybridized carbons (Fsp3) is 0.417. The van der Waals surface area contributed by atoms with Gasteiger partial charge in [0.25, 0.3) is 0 Å². The minimum Gasteiger partial charge on any atom is -0.370 e. The first-order chi connectivity index (χ1) is 7.40. The lowest BCUT2D eigenvalue weighted by Gasteiger charge is -2.18. The van der Waals surface area contributed by atoms with Crippen molar-refractivity contribution in [3.63, 3.8) is 0 Å². The molecule has 1 atom stereocenters. The molecule has 0 radical (unpaired) electrons. The molecule has 0 amide bonds. The number of hydrogen-bond donors (Lipinski definition) is 1. The van der Waals surface area contributed by atoms with Crippen LogP contribution in [0.5, 0.6) is 0 Å². The van der Waals surface area contributed by atoms with Crippen LogP contribution in [-0.4, -0.2) is 25.7 Å². The molecule has 1 N–H and O–H groups in total. The summed E-state index contributed by atoms with van der Waals surface area (Å²) in [5.74, 6) is 0. The van der Waals surface area contributed by atoms with Gasteiger partial charge in [-0.15, -0.1) is 0 Å². The van der Waals surface area contributed by atoms with Gasteiger partial charge in [-0.3, -0.25) is 5.32 Å². The van der Waals surface area contributed by atoms with E-state index in [1.54, 1.807) is 0 Å². The van der Waals surface area contributed by atoms with Gasteiger partial charge >= 0.3 is 0 Å². The van der Waals surface area contributed by atoms with E-state index in [0.717, 1.165) is 19.5 Å². The van der Waals surface area contributed by atoms with Crippen molar-refractivity contribution < 1.29 is 0 Å². The summed E-state index contributed by atoms with van der Waals surface area (Å²) in [7, 11) is 0. The van der Waals surface area contributed by atoms with Crippen LogP contribution in [-0.2, 0) is 0 Å². The predicted octanol–water partition coefficient (Wildman–Crippen LogP) is 1.38. The summed E-state index contributed by atoms with van der Waals surface area (Å²) < 4.78 is 0. The number of nitriles is 1. The molecule has 1 saturated heterocycles. The first-order valence-electron chi connectivity index (χ1n) is 5.30. The number of nitrogens with one attached hydrogen (secondary N) is 1. The average Bonchev–Trinajstić information content (AvgIpc) is 2.76. The normalized spacial score (nSPS) is 20.2. The van der Waals surface area contributed by atoms with Gasteiger partial charge < -0.3 is 4.90 Å². The van der Waals surface area contributed by atoms with Crippen LogP contribution < -0.4 is 10.2 Å². The molecule has 78 valence electrons. The SMILES string of the molecule is N#CCNC1CCN(c2ccccc2)C1. The van der Waals surface area contributed by atoms with E-state index in [2.05, 4.69) is 40.6 Å². The van der Waals surface area contributed by atoms with Gasteiger partial charge in [0.1, 0.15) is 0 Å². The Labute approximate surface area is 90.3 Å². The molecule has 1 aliphatic rings. The van der Waals surface area contributed by atoms with Crippen molar-refractivity contribution in [1.29, 1.82) is 5.26 Å². The van der Waals surface area contributed by atoms with Crippen molar-refractivity contribution in [3.05, 3.63) is 30.3 Å². The Bertz CT molecular complexity index is 342. The van der Waals surface area contributed by atoms with Crippen LogP contribution in [0.15, 0.2) is 30.3 Å². The van der Waals surface area contributed by atoms with Crippen molar-refractivity contribution in [2.24, 2.45) is 0 Å². The maximum Gasteiger partial charge on any atom is 0.0843 e. The second kappa shape index (κ2) is 4.81. The lowest BCUT2D eigenvalue weighted by atomic mass is 10.2. The maximum absolute atomic E-state index is 8.48. The zero-order valence-electron chi connectivity index (χ0n) is 8.69. The fourth-order valence-electron chi connectivity index (χ4n) is 1.99. The first-order valence-corrected chi connectivity index (χ1v) is 5.30. The highest BCUT2D eigenvalue weighted by molar-refractivity contribution is 5.47. The summed E-state index contributed by atoms with van der Waals surface area (Å²) in [5.41, 5.74) is 1.28. The number of rotatable bonds is 3. The van der Waals surface area contributed by atoms with Crippen LogP contribution in [0, 0.1) is 11.3 Å². The summed E-state index contributed by atoms with van der Waals surface area (Å²) in [6.07, 6.45) is 1.12. The molecule has 3 nitrogen and oxygen atoms in total. The van der Waals surface area contributed by atoms with Gasteiger partial charge in [0, 0.05) is 24.8 Å². The van der Waals surface area contributed by atoms with Gasteiger partial charge in [0.05, 0.1) is 12.6 Å². The van der Waals surface area contributed by atoms with E-state index in [0.29, 0.717) is 12.6 Å². The second-order valence-electron chi connectivity index (χ2n) is 3.81. The molecule has 1 aromatic rings. The quantitative estimate of drug-likeness (QED) is 0.751. The van der Waals surface area contributed by atoms with E-state index in [4.69, 9.17) is 5.26 Å². The van der Waals surface area contributed by atoms with Gasteiger partial charge in [-0.1, -0.05) is 18.2 Å². The van der Waals surface area contributed by atoms with Crippen molar-refractivity contribution >= 4 is 5.69 Å². The third-order valence-corrected chi connectivity index (χ3v) is 2.78. The smallest absolute Gasteiger partial charge is 0.0843 e. The molecule has 1 unspecified atom stereocenters. The number of anilines is 1. The molecule has 3 heteroatoms. The third kappa shape index (κ3) is 2.48. The lowest BCUT2D eigenvalue weighted by Crippen LogP contribution is -2.32. The van der Waals surface area contributed by atoms with Gasteiger partial charge in [0.15, 0.2) is 0 Å². The van der Waals surface area contributed by atoms with Crippen LogP contribution in [0.25, 0.3) is 0 Å². The van der Waals surface area contributed by atoms with E-state index in [1.807, 2.05) is 6.07 Å². The molecule has 0 aliphatic carbocycles. The van der Waals surface area contributed by atoms with E-state index in [-0.39, 0.29) is 0 Å². The minimum absolute atomic E-state index is 0.452. The van der Waals surface area contributed by atoms with Gasteiger partial charge in [0.2, 0.25) is 0 Å².